The topological polar surface area (TPSA) is 46.3 Å². The molecule has 17 heavy (non-hydrogen) atoms. The van der Waals surface area contributed by atoms with E-state index in [1.165, 1.54) is 0 Å². The van der Waals surface area contributed by atoms with Gasteiger partial charge in [-0.25, -0.2) is 4.98 Å². The summed E-state index contributed by atoms with van der Waals surface area (Å²) < 4.78 is 5.37. The number of oxazole rings is 1. The maximum atomic E-state index is 12.3. The van der Waals surface area contributed by atoms with Crippen LogP contribution in [0.5, 0.6) is 0 Å². The highest BCUT2D eigenvalue weighted by Gasteiger charge is 2.24. The van der Waals surface area contributed by atoms with Crippen molar-refractivity contribution < 1.29 is 9.21 Å². The molecule has 5 heteroatoms. The van der Waals surface area contributed by atoms with E-state index in [1.807, 2.05) is 18.7 Å². The second-order valence-corrected chi connectivity index (χ2v) is 5.08. The highest BCUT2D eigenvalue weighted by molar-refractivity contribution is 9.09. The number of hydrogen-bond donors (Lipinski definition) is 0. The van der Waals surface area contributed by atoms with Crippen molar-refractivity contribution in [3.8, 4) is 0 Å². The van der Waals surface area contributed by atoms with Crippen LogP contribution in [-0.4, -0.2) is 33.7 Å². The molecule has 0 aromatic carbocycles. The van der Waals surface area contributed by atoms with Gasteiger partial charge in [0.05, 0.1) is 5.69 Å². The lowest BCUT2D eigenvalue weighted by molar-refractivity contribution is 0.0671. The normalized spacial score (nSPS) is 10.9. The van der Waals surface area contributed by atoms with Gasteiger partial charge >= 0.3 is 0 Å². The third kappa shape index (κ3) is 3.56. The number of carbonyl (C=O) groups excluding carboxylic acids is 1. The van der Waals surface area contributed by atoms with Crippen molar-refractivity contribution in [3.05, 3.63) is 17.3 Å². The average Bonchev–Trinajstić information content (AvgIpc) is 2.57. The van der Waals surface area contributed by atoms with Gasteiger partial charge in [-0.3, -0.25) is 4.79 Å². The summed E-state index contributed by atoms with van der Waals surface area (Å²) in [6.45, 7) is 8.28. The molecule has 1 amide bonds. The van der Waals surface area contributed by atoms with Crippen LogP contribution < -0.4 is 0 Å². The molecule has 1 rings (SSSR count). The van der Waals surface area contributed by atoms with Crippen LogP contribution in [0.1, 0.15) is 42.4 Å². The first-order valence-corrected chi connectivity index (χ1v) is 6.90. The number of rotatable bonds is 5. The predicted molar refractivity (Wildman–Crippen MR) is 70.6 cm³/mol. The Kier molecular flexibility index (Phi) is 5.18. The third-order valence-corrected chi connectivity index (χ3v) is 3.08. The molecule has 0 saturated heterocycles. The Morgan fingerprint density at radius 3 is 2.53 bits per heavy atom. The number of aryl methyl sites for hydroxylation is 2. The Morgan fingerprint density at radius 1 is 1.47 bits per heavy atom. The van der Waals surface area contributed by atoms with E-state index in [9.17, 15) is 4.79 Å². The van der Waals surface area contributed by atoms with E-state index >= 15 is 0 Å². The Labute approximate surface area is 111 Å². The van der Waals surface area contributed by atoms with Gasteiger partial charge in [0.1, 0.15) is 0 Å². The van der Waals surface area contributed by atoms with Crippen molar-refractivity contribution in [2.24, 2.45) is 0 Å². The molecule has 0 radical (unpaired) electrons. The van der Waals surface area contributed by atoms with E-state index < -0.39 is 0 Å². The van der Waals surface area contributed by atoms with Crippen molar-refractivity contribution >= 4 is 21.8 Å². The zero-order valence-electron chi connectivity index (χ0n) is 10.8. The quantitative estimate of drug-likeness (QED) is 0.786. The second-order valence-electron chi connectivity index (χ2n) is 4.28. The van der Waals surface area contributed by atoms with Crippen LogP contribution >= 0.6 is 15.9 Å². The summed E-state index contributed by atoms with van der Waals surface area (Å²) in [6, 6.07) is 0.159. The van der Waals surface area contributed by atoms with Gasteiger partial charge in [0.2, 0.25) is 5.76 Å². The Balaban J connectivity index is 2.87. The number of halogens is 1. The minimum atomic E-state index is -0.0703. The molecule has 0 bridgehead atoms. The van der Waals surface area contributed by atoms with E-state index in [-0.39, 0.29) is 11.9 Å². The van der Waals surface area contributed by atoms with Gasteiger partial charge in [-0.05, 0) is 27.2 Å². The van der Waals surface area contributed by atoms with Crippen molar-refractivity contribution in [1.29, 1.82) is 0 Å². The fourth-order valence-corrected chi connectivity index (χ4v) is 1.94. The van der Waals surface area contributed by atoms with E-state index in [2.05, 4.69) is 20.9 Å². The number of nitrogens with zero attached hydrogens (tertiary/aromatic N) is 2. The Hall–Kier alpha value is -0.840. The van der Waals surface area contributed by atoms with E-state index in [4.69, 9.17) is 4.42 Å². The van der Waals surface area contributed by atoms with Gasteiger partial charge < -0.3 is 9.32 Å². The number of aromatic nitrogens is 1. The molecule has 1 aromatic heterocycles. The Morgan fingerprint density at radius 2 is 2.12 bits per heavy atom. The molecular formula is C12H19BrN2O2. The molecule has 4 nitrogen and oxygen atoms in total. The second kappa shape index (κ2) is 6.19. The molecule has 0 unspecified atom stereocenters. The first-order chi connectivity index (χ1) is 7.97. The number of carbonyl (C=O) groups is 1. The lowest BCUT2D eigenvalue weighted by atomic mass is 10.2. The largest absolute Gasteiger partial charge is 0.436 e. The lowest BCUT2D eigenvalue weighted by Gasteiger charge is -2.25. The minimum absolute atomic E-state index is 0.0703. The summed E-state index contributed by atoms with van der Waals surface area (Å²) in [5.41, 5.74) is 0.664. The van der Waals surface area contributed by atoms with Gasteiger partial charge in [-0.2, -0.15) is 0 Å². The maximum Gasteiger partial charge on any atom is 0.291 e. The van der Waals surface area contributed by atoms with Crippen LogP contribution in [0.25, 0.3) is 0 Å². The third-order valence-electron chi connectivity index (χ3n) is 2.51. The molecule has 0 aliphatic rings. The molecule has 0 aliphatic heterocycles. The van der Waals surface area contributed by atoms with Crippen molar-refractivity contribution in [2.45, 2.75) is 40.2 Å². The summed E-state index contributed by atoms with van der Waals surface area (Å²) in [4.78, 5) is 18.2. The van der Waals surface area contributed by atoms with Crippen LogP contribution in [0.3, 0.4) is 0 Å². The van der Waals surface area contributed by atoms with Crippen molar-refractivity contribution in [3.63, 3.8) is 0 Å². The van der Waals surface area contributed by atoms with Crippen LogP contribution in [0, 0.1) is 13.8 Å². The smallest absolute Gasteiger partial charge is 0.291 e. The fraction of sp³-hybridized carbons (Fsp3) is 0.667. The Bertz CT molecular complexity index is 388. The van der Waals surface area contributed by atoms with Crippen LogP contribution in [-0.2, 0) is 0 Å². The van der Waals surface area contributed by atoms with E-state index in [0.717, 1.165) is 18.3 Å². The monoisotopic (exact) mass is 302 g/mol. The minimum Gasteiger partial charge on any atom is -0.436 e. The summed E-state index contributed by atoms with van der Waals surface area (Å²) in [6.07, 6.45) is 0.927. The fourth-order valence-electron chi connectivity index (χ4n) is 1.68. The van der Waals surface area contributed by atoms with Crippen LogP contribution in [0.2, 0.25) is 0 Å². The highest BCUT2D eigenvalue weighted by Crippen LogP contribution is 2.14. The predicted octanol–water partition coefficient (Wildman–Crippen LogP) is 2.93. The number of alkyl halides is 1. The van der Waals surface area contributed by atoms with Crippen molar-refractivity contribution in [2.75, 3.05) is 11.9 Å². The highest BCUT2D eigenvalue weighted by atomic mass is 79.9. The molecule has 0 fully saturated rings. The maximum absolute atomic E-state index is 12.3. The molecule has 0 saturated carbocycles. The van der Waals surface area contributed by atoms with Gasteiger partial charge in [0.15, 0.2) is 5.89 Å². The molecule has 0 aliphatic carbocycles. The standard InChI is InChI=1S/C12H19BrN2O2/c1-8(2)15(7-5-6-13)12(16)11-9(3)14-10(4)17-11/h8H,5-7H2,1-4H3. The first kappa shape index (κ1) is 14.2. The first-order valence-electron chi connectivity index (χ1n) is 5.78. The van der Waals surface area contributed by atoms with Gasteiger partial charge in [0.25, 0.3) is 5.91 Å². The van der Waals surface area contributed by atoms with E-state index in [1.54, 1.807) is 13.8 Å². The molecular weight excluding hydrogens is 284 g/mol. The zero-order valence-corrected chi connectivity index (χ0v) is 12.4. The van der Waals surface area contributed by atoms with Gasteiger partial charge in [-0.1, -0.05) is 15.9 Å². The van der Waals surface area contributed by atoms with Gasteiger partial charge in [0, 0.05) is 24.8 Å². The number of amides is 1. The van der Waals surface area contributed by atoms with E-state index in [0.29, 0.717) is 17.3 Å². The summed E-state index contributed by atoms with van der Waals surface area (Å²) in [5.74, 6) is 0.833. The summed E-state index contributed by atoms with van der Waals surface area (Å²) >= 11 is 3.38. The molecule has 0 spiro atoms. The molecule has 0 atom stereocenters. The molecule has 96 valence electrons. The molecule has 1 aromatic rings. The molecule has 0 N–H and O–H groups in total. The van der Waals surface area contributed by atoms with Gasteiger partial charge in [-0.15, -0.1) is 0 Å². The van der Waals surface area contributed by atoms with Crippen LogP contribution in [0.15, 0.2) is 4.42 Å². The summed E-state index contributed by atoms with van der Waals surface area (Å²) in [7, 11) is 0. The van der Waals surface area contributed by atoms with Crippen molar-refractivity contribution in [1.82, 2.24) is 9.88 Å². The van der Waals surface area contributed by atoms with Crippen LogP contribution in [0.4, 0.5) is 0 Å². The molecule has 1 heterocycles. The zero-order chi connectivity index (χ0) is 13.0. The summed E-state index contributed by atoms with van der Waals surface area (Å²) in [5, 5.41) is 0.887. The average molecular weight is 303 g/mol. The lowest BCUT2D eigenvalue weighted by Crippen LogP contribution is -2.38. The number of hydrogen-bond acceptors (Lipinski definition) is 3. The SMILES string of the molecule is Cc1nc(C)c(C(=O)N(CCCBr)C(C)C)o1.